The number of hydrogen-bond donors (Lipinski definition) is 1. The molecule has 5 nitrogen and oxygen atoms in total. The minimum absolute atomic E-state index is 0.0342. The SMILES string of the molecule is COC(=O)COc1cc2c(c(Cl)c1Cl)C(=O)C(C)(C1CCC(O)C1)C2. The monoisotopic (exact) mass is 386 g/mol. The molecule has 2 aliphatic rings. The van der Waals surface area contributed by atoms with E-state index in [-0.39, 0.29) is 40.2 Å². The van der Waals surface area contributed by atoms with E-state index in [1.807, 2.05) is 6.92 Å². The van der Waals surface area contributed by atoms with Crippen molar-refractivity contribution < 1.29 is 24.2 Å². The average Bonchev–Trinajstić information content (AvgIpc) is 3.12. The van der Waals surface area contributed by atoms with Crippen LogP contribution in [0.25, 0.3) is 0 Å². The maximum Gasteiger partial charge on any atom is 0.343 e. The lowest BCUT2D eigenvalue weighted by molar-refractivity contribution is -0.142. The highest BCUT2D eigenvalue weighted by atomic mass is 35.5. The molecule has 0 heterocycles. The lowest BCUT2D eigenvalue weighted by Crippen LogP contribution is -2.32. The van der Waals surface area contributed by atoms with Crippen molar-refractivity contribution in [2.75, 3.05) is 13.7 Å². The summed E-state index contributed by atoms with van der Waals surface area (Å²) < 4.78 is 9.94. The van der Waals surface area contributed by atoms with E-state index in [1.165, 1.54) is 7.11 Å². The second-order valence-corrected chi connectivity index (χ2v) is 7.74. The minimum Gasteiger partial charge on any atom is -0.480 e. The quantitative estimate of drug-likeness (QED) is 0.802. The Morgan fingerprint density at radius 2 is 2.08 bits per heavy atom. The highest BCUT2D eigenvalue weighted by molar-refractivity contribution is 6.45. The van der Waals surface area contributed by atoms with Crippen LogP contribution in [0.2, 0.25) is 10.0 Å². The van der Waals surface area contributed by atoms with Crippen LogP contribution in [-0.4, -0.2) is 36.7 Å². The molecule has 1 aromatic carbocycles. The summed E-state index contributed by atoms with van der Waals surface area (Å²) in [7, 11) is 1.27. The number of halogens is 2. The largest absolute Gasteiger partial charge is 0.480 e. The van der Waals surface area contributed by atoms with Gasteiger partial charge in [-0.2, -0.15) is 0 Å². The Balaban J connectivity index is 1.92. The highest BCUT2D eigenvalue weighted by Gasteiger charge is 2.50. The molecule has 3 rings (SSSR count). The maximum atomic E-state index is 13.1. The third-order valence-corrected chi connectivity index (χ3v) is 6.29. The van der Waals surface area contributed by atoms with E-state index >= 15 is 0 Å². The minimum atomic E-state index is -0.603. The van der Waals surface area contributed by atoms with Crippen molar-refractivity contribution >= 4 is 35.0 Å². The summed E-state index contributed by atoms with van der Waals surface area (Å²) in [5.74, 6) is -0.197. The Morgan fingerprint density at radius 3 is 2.68 bits per heavy atom. The van der Waals surface area contributed by atoms with Gasteiger partial charge in [0.05, 0.1) is 18.2 Å². The molecule has 0 aliphatic heterocycles. The number of benzene rings is 1. The van der Waals surface area contributed by atoms with Gasteiger partial charge in [0.25, 0.3) is 0 Å². The summed E-state index contributed by atoms with van der Waals surface area (Å²) in [6.45, 7) is 1.64. The second-order valence-electron chi connectivity index (χ2n) is 6.99. The van der Waals surface area contributed by atoms with E-state index < -0.39 is 11.4 Å². The van der Waals surface area contributed by atoms with Crippen LogP contribution in [0.5, 0.6) is 5.75 Å². The summed E-state index contributed by atoms with van der Waals surface area (Å²) >= 11 is 12.6. The predicted molar refractivity (Wildman–Crippen MR) is 93.5 cm³/mol. The predicted octanol–water partition coefficient (Wildman–Crippen LogP) is 3.45. The third-order valence-electron chi connectivity index (χ3n) is 5.44. The van der Waals surface area contributed by atoms with Gasteiger partial charge in [-0.25, -0.2) is 4.79 Å². The number of ketones is 1. The van der Waals surface area contributed by atoms with Crippen molar-refractivity contribution in [3.8, 4) is 5.75 Å². The van der Waals surface area contributed by atoms with Gasteiger partial charge in [0.15, 0.2) is 12.4 Å². The third kappa shape index (κ3) is 3.14. The molecule has 2 aliphatic carbocycles. The van der Waals surface area contributed by atoms with Gasteiger partial charge in [-0.05, 0) is 43.2 Å². The topological polar surface area (TPSA) is 72.8 Å². The fourth-order valence-electron chi connectivity index (χ4n) is 3.97. The molecule has 1 saturated carbocycles. The lowest BCUT2D eigenvalue weighted by atomic mass is 9.73. The first kappa shape index (κ1) is 18.5. The summed E-state index contributed by atoms with van der Waals surface area (Å²) in [5.41, 5.74) is 0.595. The Kier molecular flexibility index (Phi) is 5.02. The molecule has 1 fully saturated rings. The molecule has 0 spiro atoms. The van der Waals surface area contributed by atoms with E-state index in [4.69, 9.17) is 27.9 Å². The van der Waals surface area contributed by atoms with E-state index in [0.29, 0.717) is 24.8 Å². The standard InChI is InChI=1S/C18H20Cl2O5/c1-18(10-3-4-11(21)6-10)7-9-5-12(25-8-13(22)24-2)15(19)16(20)14(9)17(18)23/h5,10-11,21H,3-4,6-8H2,1-2H3. The molecule has 0 aromatic heterocycles. The zero-order valence-corrected chi connectivity index (χ0v) is 15.6. The van der Waals surface area contributed by atoms with E-state index in [0.717, 1.165) is 12.0 Å². The summed E-state index contributed by atoms with van der Waals surface area (Å²) in [5, 5.41) is 10.1. The molecule has 136 valence electrons. The Labute approximate surface area is 156 Å². The van der Waals surface area contributed by atoms with Crippen LogP contribution >= 0.6 is 23.2 Å². The number of aliphatic hydroxyl groups excluding tert-OH is 1. The van der Waals surface area contributed by atoms with Crippen LogP contribution < -0.4 is 4.74 Å². The van der Waals surface area contributed by atoms with E-state index in [2.05, 4.69) is 4.74 Å². The molecule has 25 heavy (non-hydrogen) atoms. The second kappa shape index (κ2) is 6.78. The van der Waals surface area contributed by atoms with Crippen molar-refractivity contribution in [1.29, 1.82) is 0 Å². The molecule has 7 heteroatoms. The van der Waals surface area contributed by atoms with Crippen molar-refractivity contribution in [3.05, 3.63) is 27.2 Å². The molecular formula is C18H20Cl2O5. The van der Waals surface area contributed by atoms with Crippen LogP contribution in [0.1, 0.15) is 42.1 Å². The van der Waals surface area contributed by atoms with Gasteiger partial charge >= 0.3 is 5.97 Å². The fraction of sp³-hybridized carbons (Fsp3) is 0.556. The number of rotatable bonds is 4. The summed E-state index contributed by atoms with van der Waals surface area (Å²) in [4.78, 5) is 24.3. The zero-order chi connectivity index (χ0) is 18.4. The van der Waals surface area contributed by atoms with E-state index in [9.17, 15) is 14.7 Å². The number of hydrogen-bond acceptors (Lipinski definition) is 5. The fourth-order valence-corrected chi connectivity index (χ4v) is 4.47. The van der Waals surface area contributed by atoms with Crippen LogP contribution in [0, 0.1) is 11.3 Å². The molecule has 0 bridgehead atoms. The molecule has 1 aromatic rings. The van der Waals surface area contributed by atoms with Crippen molar-refractivity contribution in [3.63, 3.8) is 0 Å². The zero-order valence-electron chi connectivity index (χ0n) is 14.1. The smallest absolute Gasteiger partial charge is 0.343 e. The number of fused-ring (bicyclic) bond motifs is 1. The van der Waals surface area contributed by atoms with Crippen molar-refractivity contribution in [2.45, 2.75) is 38.7 Å². The first-order valence-electron chi connectivity index (χ1n) is 8.21. The number of aliphatic hydroxyl groups is 1. The molecular weight excluding hydrogens is 367 g/mol. The van der Waals surface area contributed by atoms with Crippen molar-refractivity contribution in [1.82, 2.24) is 0 Å². The van der Waals surface area contributed by atoms with Crippen LogP contribution in [0.3, 0.4) is 0 Å². The normalized spacial score (nSPS) is 28.1. The van der Waals surface area contributed by atoms with Crippen LogP contribution in [0.4, 0.5) is 0 Å². The number of esters is 1. The molecule has 0 radical (unpaired) electrons. The maximum absolute atomic E-state index is 13.1. The lowest BCUT2D eigenvalue weighted by Gasteiger charge is -2.29. The van der Waals surface area contributed by atoms with Gasteiger partial charge in [-0.15, -0.1) is 0 Å². The van der Waals surface area contributed by atoms with Crippen LogP contribution in [-0.2, 0) is 16.0 Å². The van der Waals surface area contributed by atoms with Gasteiger partial charge in [0.1, 0.15) is 10.8 Å². The average molecular weight is 387 g/mol. The number of ether oxygens (including phenoxy) is 2. The van der Waals surface area contributed by atoms with Crippen LogP contribution in [0.15, 0.2) is 6.07 Å². The molecule has 1 N–H and O–H groups in total. The summed E-state index contributed by atoms with van der Waals surface area (Å²) in [6, 6.07) is 1.68. The first-order chi connectivity index (χ1) is 11.8. The highest BCUT2D eigenvalue weighted by Crippen LogP contribution is 2.52. The molecule has 3 atom stereocenters. The van der Waals surface area contributed by atoms with Gasteiger partial charge in [0, 0.05) is 11.0 Å². The van der Waals surface area contributed by atoms with E-state index in [1.54, 1.807) is 6.07 Å². The van der Waals surface area contributed by atoms with Crippen molar-refractivity contribution in [2.24, 2.45) is 11.3 Å². The Morgan fingerprint density at radius 1 is 1.36 bits per heavy atom. The van der Waals surface area contributed by atoms with Gasteiger partial charge in [-0.3, -0.25) is 4.79 Å². The number of methoxy groups -OCH3 is 1. The Bertz CT molecular complexity index is 733. The number of carbonyl (C=O) groups is 2. The summed E-state index contributed by atoms with van der Waals surface area (Å²) in [6.07, 6.45) is 2.31. The molecule has 0 amide bonds. The number of carbonyl (C=O) groups excluding carboxylic acids is 2. The van der Waals surface area contributed by atoms with Gasteiger partial charge in [-0.1, -0.05) is 30.1 Å². The molecule has 3 unspecified atom stereocenters. The van der Waals surface area contributed by atoms with Gasteiger partial charge < -0.3 is 14.6 Å². The first-order valence-corrected chi connectivity index (χ1v) is 8.97. The number of Topliss-reactive ketones (excluding diaryl/α,β-unsaturated/α-hetero) is 1. The van der Waals surface area contributed by atoms with Gasteiger partial charge in [0.2, 0.25) is 0 Å². The Hall–Kier alpha value is -1.30. The molecule has 0 saturated heterocycles.